The van der Waals surface area contributed by atoms with E-state index in [2.05, 4.69) is 6.92 Å². The maximum Gasteiger partial charge on any atom is 0.181 e. The zero-order valence-electron chi connectivity index (χ0n) is 10.0. The minimum Gasteiger partial charge on any atom is -0.365 e. The minimum absolute atomic E-state index is 0.313. The van der Waals surface area contributed by atoms with Gasteiger partial charge in [0.1, 0.15) is 11.6 Å². The smallest absolute Gasteiger partial charge is 0.181 e. The van der Waals surface area contributed by atoms with Crippen molar-refractivity contribution in [2.24, 2.45) is 5.92 Å². The normalized spacial score (nSPS) is 61.1. The monoisotopic (exact) mass is 224 g/mol. The molecule has 3 nitrogen and oxygen atoms in total. The van der Waals surface area contributed by atoms with E-state index in [1.807, 2.05) is 0 Å². The number of quaternary nitrogens is 1. The fourth-order valence-corrected chi connectivity index (χ4v) is 5.46. The maximum atomic E-state index is 10.6. The highest BCUT2D eigenvalue weighted by Gasteiger charge is 2.80. The number of unbranched alkanes of at least 4 members (excludes halogenated alkanes) is 1. The minimum atomic E-state index is -0.735. The molecule has 0 radical (unpaired) electrons. The number of ether oxygens (including phenoxy) is 1. The zero-order chi connectivity index (χ0) is 11.0. The summed E-state index contributed by atoms with van der Waals surface area (Å²) in [5.41, 5.74) is 0.313. The molecule has 5 fully saturated rings. The molecule has 90 valence electrons. The number of rotatable bonds is 3. The first-order chi connectivity index (χ1) is 7.71. The number of hydrogen-bond donors (Lipinski definition) is 2. The van der Waals surface area contributed by atoms with Gasteiger partial charge < -0.3 is 14.7 Å². The summed E-state index contributed by atoms with van der Waals surface area (Å²) in [6.45, 7) is 3.54. The highest BCUT2D eigenvalue weighted by atomic mass is 16.6. The maximum absolute atomic E-state index is 10.6. The first-order valence-corrected chi connectivity index (χ1v) is 6.97. The summed E-state index contributed by atoms with van der Waals surface area (Å²) < 4.78 is 6.01. The van der Waals surface area contributed by atoms with Crippen LogP contribution in [0, 0.1) is 5.92 Å². The van der Waals surface area contributed by atoms with Crippen molar-refractivity contribution in [3.05, 3.63) is 0 Å². The number of piperidine rings is 1. The lowest BCUT2D eigenvalue weighted by Gasteiger charge is -2.41. The van der Waals surface area contributed by atoms with Gasteiger partial charge in [0, 0.05) is 19.3 Å². The van der Waals surface area contributed by atoms with Crippen molar-refractivity contribution in [3.63, 3.8) is 0 Å². The van der Waals surface area contributed by atoms with Gasteiger partial charge in [0.15, 0.2) is 5.79 Å². The van der Waals surface area contributed by atoms with Crippen LogP contribution in [0.25, 0.3) is 0 Å². The van der Waals surface area contributed by atoms with Crippen molar-refractivity contribution in [1.29, 1.82) is 0 Å². The van der Waals surface area contributed by atoms with E-state index in [9.17, 15) is 5.11 Å². The zero-order valence-corrected chi connectivity index (χ0v) is 10.0. The molecule has 5 rings (SSSR count). The van der Waals surface area contributed by atoms with Crippen molar-refractivity contribution < 1.29 is 14.7 Å². The lowest BCUT2D eigenvalue weighted by molar-refractivity contribution is -0.956. The second-order valence-electron chi connectivity index (χ2n) is 6.35. The van der Waals surface area contributed by atoms with Crippen molar-refractivity contribution in [3.8, 4) is 0 Å². The molecule has 2 N–H and O–H groups in total. The number of aliphatic hydroxyl groups is 1. The van der Waals surface area contributed by atoms with Gasteiger partial charge in [-0.15, -0.1) is 0 Å². The molecule has 16 heavy (non-hydrogen) atoms. The third-order valence-electron chi connectivity index (χ3n) is 5.86. The molecule has 5 saturated heterocycles. The fourth-order valence-electron chi connectivity index (χ4n) is 5.46. The molecule has 3 heteroatoms. The molecule has 0 aromatic carbocycles. The molecule has 0 aliphatic carbocycles. The molecule has 5 heterocycles. The van der Waals surface area contributed by atoms with Gasteiger partial charge in [-0.3, -0.25) is 0 Å². The molecular weight excluding hydrogens is 202 g/mol. The van der Waals surface area contributed by atoms with Crippen molar-refractivity contribution >= 4 is 0 Å². The van der Waals surface area contributed by atoms with Crippen LogP contribution in [0.3, 0.4) is 0 Å². The van der Waals surface area contributed by atoms with Crippen LogP contribution < -0.4 is 4.90 Å². The molecule has 5 aliphatic heterocycles. The molecule has 6 atom stereocenters. The Morgan fingerprint density at radius 2 is 2.38 bits per heavy atom. The van der Waals surface area contributed by atoms with Crippen LogP contribution in [0.15, 0.2) is 0 Å². The van der Waals surface area contributed by atoms with Crippen LogP contribution >= 0.6 is 0 Å². The predicted octanol–water partition coefficient (Wildman–Crippen LogP) is 0.0836. The van der Waals surface area contributed by atoms with E-state index >= 15 is 0 Å². The van der Waals surface area contributed by atoms with Crippen molar-refractivity contribution in [2.45, 2.75) is 68.9 Å². The molecule has 5 unspecified atom stereocenters. The Morgan fingerprint density at radius 3 is 3.19 bits per heavy atom. The topological polar surface area (TPSA) is 33.9 Å². The van der Waals surface area contributed by atoms with E-state index in [4.69, 9.17) is 4.74 Å². The predicted molar refractivity (Wildman–Crippen MR) is 59.0 cm³/mol. The molecule has 0 saturated carbocycles. The summed E-state index contributed by atoms with van der Waals surface area (Å²) in [5, 5.41) is 10.6. The Morgan fingerprint density at radius 1 is 1.50 bits per heavy atom. The van der Waals surface area contributed by atoms with Gasteiger partial charge in [0.05, 0.1) is 24.9 Å². The van der Waals surface area contributed by atoms with Crippen molar-refractivity contribution in [1.82, 2.24) is 0 Å². The summed E-state index contributed by atoms with van der Waals surface area (Å²) >= 11 is 0. The lowest BCUT2D eigenvalue weighted by atomic mass is 9.75. The highest BCUT2D eigenvalue weighted by molar-refractivity contribution is 5.16. The van der Waals surface area contributed by atoms with Gasteiger partial charge >= 0.3 is 0 Å². The molecule has 0 spiro atoms. The van der Waals surface area contributed by atoms with Crippen LogP contribution in [0.1, 0.15) is 45.4 Å². The molecule has 0 amide bonds. The fraction of sp³-hybridized carbons (Fsp3) is 1.00. The third-order valence-corrected chi connectivity index (χ3v) is 5.86. The largest absolute Gasteiger partial charge is 0.365 e. The van der Waals surface area contributed by atoms with Crippen LogP contribution in [0.5, 0.6) is 0 Å². The van der Waals surface area contributed by atoms with Crippen molar-refractivity contribution in [2.75, 3.05) is 6.54 Å². The van der Waals surface area contributed by atoms with Gasteiger partial charge in [-0.05, 0) is 6.42 Å². The second kappa shape index (κ2) is 2.82. The van der Waals surface area contributed by atoms with E-state index in [-0.39, 0.29) is 0 Å². The summed E-state index contributed by atoms with van der Waals surface area (Å²) in [6, 6.07) is 0.694. The van der Waals surface area contributed by atoms with Gasteiger partial charge in [-0.2, -0.15) is 0 Å². The Hall–Kier alpha value is -0.120. The van der Waals surface area contributed by atoms with Gasteiger partial charge in [-0.25, -0.2) is 0 Å². The average molecular weight is 224 g/mol. The molecular formula is C13H22NO2+. The lowest BCUT2D eigenvalue weighted by Crippen LogP contribution is -3.21. The van der Waals surface area contributed by atoms with E-state index in [0.29, 0.717) is 23.6 Å². The average Bonchev–Trinajstić information content (AvgIpc) is 2.76. The summed E-state index contributed by atoms with van der Waals surface area (Å²) in [4.78, 5) is 1.79. The molecule has 5 aliphatic rings. The van der Waals surface area contributed by atoms with Crippen LogP contribution in [-0.4, -0.2) is 35.1 Å². The van der Waals surface area contributed by atoms with Gasteiger partial charge in [-0.1, -0.05) is 13.3 Å². The molecule has 0 aromatic rings. The number of hydrogen-bond acceptors (Lipinski definition) is 2. The third kappa shape index (κ3) is 0.856. The van der Waals surface area contributed by atoms with E-state index < -0.39 is 5.79 Å². The van der Waals surface area contributed by atoms with Gasteiger partial charge in [0.2, 0.25) is 0 Å². The molecule has 0 aromatic heterocycles. The highest BCUT2D eigenvalue weighted by Crippen LogP contribution is 2.57. The Labute approximate surface area is 96.8 Å². The van der Waals surface area contributed by atoms with Crippen LogP contribution in [-0.2, 0) is 4.74 Å². The van der Waals surface area contributed by atoms with Crippen LogP contribution in [0.2, 0.25) is 0 Å². The Balaban J connectivity index is 1.76. The van der Waals surface area contributed by atoms with Gasteiger partial charge in [0.25, 0.3) is 0 Å². The van der Waals surface area contributed by atoms with Crippen LogP contribution in [0.4, 0.5) is 0 Å². The Kier molecular flexibility index (Phi) is 1.74. The van der Waals surface area contributed by atoms with E-state index in [1.165, 1.54) is 38.6 Å². The first kappa shape index (κ1) is 9.86. The summed E-state index contributed by atoms with van der Waals surface area (Å²) in [5.74, 6) is -0.299. The quantitative estimate of drug-likeness (QED) is 0.712. The number of nitrogens with one attached hydrogen (secondary N) is 1. The molecule has 6 bridgehead atoms. The Bertz CT molecular complexity index is 334. The summed E-state index contributed by atoms with van der Waals surface area (Å²) in [6.07, 6.45) is 7.48. The van der Waals surface area contributed by atoms with E-state index in [1.54, 1.807) is 4.90 Å². The van der Waals surface area contributed by atoms with E-state index in [0.717, 1.165) is 6.42 Å². The summed E-state index contributed by atoms with van der Waals surface area (Å²) in [7, 11) is 0. The second-order valence-corrected chi connectivity index (χ2v) is 6.35. The standard InChI is InChI=1S/C13H21NO2/c1-2-3-5-12-10-4-6-14(12)9-7-11(12)16-13(10,15)8-9/h9-11,15H,2-8H2,1H3/p+1/t9?,10?,11?,12?,13-/m1/s1. The first-order valence-electron chi connectivity index (χ1n) is 6.97. The SMILES string of the molecule is CCCCC12C3CC4C[C@@](O)(O3)C1CC[NH+]42.